The van der Waals surface area contributed by atoms with Crippen LogP contribution in [0, 0.1) is 0 Å². The molecule has 0 N–H and O–H groups in total. The van der Waals surface area contributed by atoms with E-state index in [2.05, 4.69) is 4.74 Å². The van der Waals surface area contributed by atoms with Gasteiger partial charge in [-0.05, 0) is 12.5 Å². The van der Waals surface area contributed by atoms with E-state index in [4.69, 9.17) is 11.6 Å². The summed E-state index contributed by atoms with van der Waals surface area (Å²) in [5.41, 5.74) is 0. The summed E-state index contributed by atoms with van der Waals surface area (Å²) < 4.78 is 4.37. The van der Waals surface area contributed by atoms with Gasteiger partial charge in [-0.2, -0.15) is 0 Å². The van der Waals surface area contributed by atoms with Crippen LogP contribution >= 0.6 is 11.6 Å². The quantitative estimate of drug-likeness (QED) is 0.373. The Morgan fingerprint density at radius 3 is 2.73 bits per heavy atom. The fourth-order valence-electron chi connectivity index (χ4n) is 0.417. The summed E-state index contributed by atoms with van der Waals surface area (Å²) in [5, 5.41) is 0.713. The third-order valence-corrected chi connectivity index (χ3v) is 1.44. The maximum absolute atomic E-state index is 10.5. The number of carbonyl (C=O) groups excluding carboxylic acids is 1. The van der Waals surface area contributed by atoms with Gasteiger partial charge in [-0.15, -0.1) is 0 Å². The van der Waals surface area contributed by atoms with E-state index in [-0.39, 0.29) is 5.97 Å². The number of ether oxygens (including phenoxy) is 1. The van der Waals surface area contributed by atoms with Gasteiger partial charge in [-0.3, -0.25) is 0 Å². The molecule has 0 saturated carbocycles. The van der Waals surface area contributed by atoms with E-state index in [0.717, 1.165) is 6.42 Å². The molecule has 62 valence electrons. The minimum absolute atomic E-state index is 0.373. The Kier molecular flexibility index (Phi) is 5.57. The molecule has 0 aliphatic rings. The molecule has 0 unspecified atom stereocenters. The van der Waals surface area contributed by atoms with Crippen molar-refractivity contribution in [3.05, 3.63) is 23.3 Å². The van der Waals surface area contributed by atoms with E-state index in [0.29, 0.717) is 5.03 Å². The van der Waals surface area contributed by atoms with Gasteiger partial charge in [-0.25, -0.2) is 4.79 Å². The van der Waals surface area contributed by atoms with Crippen molar-refractivity contribution in [2.75, 3.05) is 7.11 Å². The number of carbonyl (C=O) groups is 1. The zero-order valence-corrected chi connectivity index (χ0v) is 7.39. The van der Waals surface area contributed by atoms with Crippen LogP contribution in [0.25, 0.3) is 0 Å². The first-order chi connectivity index (χ1) is 5.20. The second-order valence-corrected chi connectivity index (χ2v) is 2.33. The molecule has 0 aromatic rings. The van der Waals surface area contributed by atoms with E-state index in [1.165, 1.54) is 13.2 Å². The van der Waals surface area contributed by atoms with E-state index in [1.807, 2.05) is 6.92 Å². The maximum atomic E-state index is 10.5. The molecule has 0 fully saturated rings. The van der Waals surface area contributed by atoms with Crippen LogP contribution in [-0.4, -0.2) is 13.1 Å². The Morgan fingerprint density at radius 1 is 1.64 bits per heavy atom. The van der Waals surface area contributed by atoms with Crippen LogP contribution in [-0.2, 0) is 9.53 Å². The van der Waals surface area contributed by atoms with Crippen LogP contribution in [0.1, 0.15) is 13.3 Å². The Balaban J connectivity index is 3.85. The van der Waals surface area contributed by atoms with Crippen LogP contribution in [0.5, 0.6) is 0 Å². The largest absolute Gasteiger partial charge is 0.466 e. The van der Waals surface area contributed by atoms with Crippen molar-refractivity contribution in [2.24, 2.45) is 0 Å². The Bertz CT molecular complexity index is 183. The monoisotopic (exact) mass is 174 g/mol. The highest BCUT2D eigenvalue weighted by Gasteiger charge is 1.88. The lowest BCUT2D eigenvalue weighted by Gasteiger charge is -1.88. The maximum Gasteiger partial charge on any atom is 0.330 e. The molecule has 2 nitrogen and oxygen atoms in total. The summed E-state index contributed by atoms with van der Waals surface area (Å²) in [6.07, 6.45) is 5.32. The summed E-state index contributed by atoms with van der Waals surface area (Å²) in [6.45, 7) is 1.94. The molecule has 0 atom stereocenters. The van der Waals surface area contributed by atoms with E-state index in [9.17, 15) is 4.79 Å². The van der Waals surface area contributed by atoms with Crippen LogP contribution < -0.4 is 0 Å². The number of halogens is 1. The van der Waals surface area contributed by atoms with Gasteiger partial charge in [0.1, 0.15) is 0 Å². The molecule has 0 saturated heterocycles. The predicted octanol–water partition coefficient (Wildman–Crippen LogP) is 2.25. The first-order valence-electron chi connectivity index (χ1n) is 3.31. The van der Waals surface area contributed by atoms with Crippen LogP contribution in [0.15, 0.2) is 23.3 Å². The third-order valence-electron chi connectivity index (χ3n) is 1.05. The van der Waals surface area contributed by atoms with Crippen molar-refractivity contribution in [2.45, 2.75) is 13.3 Å². The summed E-state index contributed by atoms with van der Waals surface area (Å²) in [6, 6.07) is 0. The van der Waals surface area contributed by atoms with E-state index in [1.54, 1.807) is 12.2 Å². The molecule has 0 aliphatic carbocycles. The fourth-order valence-corrected chi connectivity index (χ4v) is 0.490. The molecule has 11 heavy (non-hydrogen) atoms. The van der Waals surface area contributed by atoms with Gasteiger partial charge in [0.25, 0.3) is 0 Å². The molecular weight excluding hydrogens is 164 g/mol. The van der Waals surface area contributed by atoms with E-state index < -0.39 is 0 Å². The molecule has 0 rings (SSSR count). The van der Waals surface area contributed by atoms with Crippen molar-refractivity contribution in [1.29, 1.82) is 0 Å². The smallest absolute Gasteiger partial charge is 0.330 e. The number of rotatable bonds is 3. The molecule has 0 radical (unpaired) electrons. The highest BCUT2D eigenvalue weighted by Crippen LogP contribution is 2.04. The number of hydrogen-bond acceptors (Lipinski definition) is 2. The van der Waals surface area contributed by atoms with Gasteiger partial charge in [-0.1, -0.05) is 24.6 Å². The summed E-state index contributed by atoms with van der Waals surface area (Å²) in [5.74, 6) is -0.373. The van der Waals surface area contributed by atoms with Crippen molar-refractivity contribution in [3.8, 4) is 0 Å². The average molecular weight is 175 g/mol. The summed E-state index contributed by atoms with van der Waals surface area (Å²) in [7, 11) is 1.33. The lowest BCUT2D eigenvalue weighted by Crippen LogP contribution is -1.92. The van der Waals surface area contributed by atoms with Gasteiger partial charge >= 0.3 is 5.97 Å². The first-order valence-corrected chi connectivity index (χ1v) is 3.69. The number of allylic oxidation sites excluding steroid dienone is 3. The summed E-state index contributed by atoms with van der Waals surface area (Å²) >= 11 is 5.65. The number of methoxy groups -OCH3 is 1. The van der Waals surface area contributed by atoms with Crippen LogP contribution in [0.2, 0.25) is 0 Å². The third kappa shape index (κ3) is 5.67. The van der Waals surface area contributed by atoms with Crippen LogP contribution in [0.3, 0.4) is 0 Å². The number of esters is 1. The lowest BCUT2D eigenvalue weighted by atomic mass is 10.4. The average Bonchev–Trinajstić information content (AvgIpc) is 2.04. The number of hydrogen-bond donors (Lipinski definition) is 0. The van der Waals surface area contributed by atoms with Crippen molar-refractivity contribution < 1.29 is 9.53 Å². The molecular formula is C8H11ClO2. The molecule has 0 aromatic heterocycles. The first kappa shape index (κ1) is 10.2. The van der Waals surface area contributed by atoms with Gasteiger partial charge in [0.05, 0.1) is 7.11 Å². The minimum Gasteiger partial charge on any atom is -0.466 e. The molecule has 0 aliphatic heterocycles. The lowest BCUT2D eigenvalue weighted by molar-refractivity contribution is -0.134. The van der Waals surface area contributed by atoms with Gasteiger partial charge in [0, 0.05) is 11.1 Å². The molecule has 0 amide bonds. The van der Waals surface area contributed by atoms with Crippen LogP contribution in [0.4, 0.5) is 0 Å². The van der Waals surface area contributed by atoms with E-state index >= 15 is 0 Å². The van der Waals surface area contributed by atoms with Crippen molar-refractivity contribution >= 4 is 17.6 Å². The van der Waals surface area contributed by atoms with Crippen molar-refractivity contribution in [1.82, 2.24) is 0 Å². The molecule has 3 heteroatoms. The van der Waals surface area contributed by atoms with Gasteiger partial charge in [0.2, 0.25) is 0 Å². The molecule has 0 heterocycles. The highest BCUT2D eigenvalue weighted by atomic mass is 35.5. The normalized spacial score (nSPS) is 12.1. The Labute approximate surface area is 71.5 Å². The topological polar surface area (TPSA) is 26.3 Å². The highest BCUT2D eigenvalue weighted by molar-refractivity contribution is 6.29. The van der Waals surface area contributed by atoms with Gasteiger partial charge < -0.3 is 4.74 Å². The SMILES string of the molecule is CCC(Cl)=CC=CC(=O)OC. The predicted molar refractivity (Wildman–Crippen MR) is 45.4 cm³/mol. The zero-order chi connectivity index (χ0) is 8.69. The minimum atomic E-state index is -0.373. The Morgan fingerprint density at radius 2 is 2.27 bits per heavy atom. The fraction of sp³-hybridized carbons (Fsp3) is 0.375. The van der Waals surface area contributed by atoms with Crippen molar-refractivity contribution in [3.63, 3.8) is 0 Å². The standard InChI is InChI=1S/C8H11ClO2/c1-3-7(9)5-4-6-8(10)11-2/h4-6H,3H2,1-2H3. The second-order valence-electron chi connectivity index (χ2n) is 1.85. The summed E-state index contributed by atoms with van der Waals surface area (Å²) in [4.78, 5) is 10.5. The molecule has 0 aromatic carbocycles. The second kappa shape index (κ2) is 5.98. The Hall–Kier alpha value is -0.760. The zero-order valence-electron chi connectivity index (χ0n) is 6.63. The molecule has 0 spiro atoms. The van der Waals surface area contributed by atoms with Gasteiger partial charge in [0.15, 0.2) is 0 Å². The molecule has 0 bridgehead atoms.